The molecule has 0 spiro atoms. The fourth-order valence-electron chi connectivity index (χ4n) is 1.50. The number of sulfone groups is 1. The van der Waals surface area contributed by atoms with Gasteiger partial charge in [-0.25, -0.2) is 8.42 Å². The van der Waals surface area contributed by atoms with Crippen LogP contribution in [0, 0.1) is 0 Å². The quantitative estimate of drug-likeness (QED) is 0.551. The van der Waals surface area contributed by atoms with E-state index in [9.17, 15) is 18.0 Å². The van der Waals surface area contributed by atoms with Gasteiger partial charge in [-0.2, -0.15) is 0 Å². The van der Waals surface area contributed by atoms with Gasteiger partial charge in [-0.3, -0.25) is 9.59 Å². The van der Waals surface area contributed by atoms with E-state index in [2.05, 4.69) is 4.74 Å². The van der Waals surface area contributed by atoms with Crippen LogP contribution in [0.3, 0.4) is 0 Å². The Labute approximate surface area is 117 Å². The molecule has 0 bridgehead atoms. The number of methoxy groups -OCH3 is 1. The summed E-state index contributed by atoms with van der Waals surface area (Å²) in [5, 5.41) is 0. The van der Waals surface area contributed by atoms with E-state index in [1.54, 1.807) is 6.92 Å². The molecule has 1 aromatic rings. The molecule has 0 amide bonds. The second-order valence-corrected chi connectivity index (χ2v) is 5.94. The molecule has 0 unspecified atom stereocenters. The van der Waals surface area contributed by atoms with Crippen LogP contribution in [0.5, 0.6) is 5.75 Å². The van der Waals surface area contributed by atoms with E-state index in [4.69, 9.17) is 4.74 Å². The van der Waals surface area contributed by atoms with Crippen LogP contribution in [0.15, 0.2) is 29.2 Å². The second-order valence-electron chi connectivity index (χ2n) is 3.96. The average Bonchev–Trinajstić information content (AvgIpc) is 2.38. The van der Waals surface area contributed by atoms with Gasteiger partial charge in [0.2, 0.25) is 0 Å². The lowest BCUT2D eigenvalue weighted by atomic mass is 10.3. The summed E-state index contributed by atoms with van der Waals surface area (Å²) in [6, 6.07) is 5.68. The highest BCUT2D eigenvalue weighted by atomic mass is 32.2. The van der Waals surface area contributed by atoms with E-state index in [0.29, 0.717) is 5.75 Å². The van der Waals surface area contributed by atoms with Crippen molar-refractivity contribution in [1.29, 1.82) is 0 Å². The zero-order chi connectivity index (χ0) is 15.2. The third-order valence-corrected chi connectivity index (χ3v) is 4.11. The van der Waals surface area contributed by atoms with Crippen molar-refractivity contribution >= 4 is 21.6 Å². The predicted molar refractivity (Wildman–Crippen MR) is 71.3 cm³/mol. The van der Waals surface area contributed by atoms with E-state index >= 15 is 0 Å². The Balaban J connectivity index is 2.73. The highest BCUT2D eigenvalue weighted by Gasteiger charge is 2.21. The summed E-state index contributed by atoms with van der Waals surface area (Å²) in [6.07, 6.45) is -0.538. The Morgan fingerprint density at radius 1 is 1.15 bits per heavy atom. The third-order valence-electron chi connectivity index (χ3n) is 2.42. The number of carbonyl (C=O) groups is 2. The molecule has 1 aromatic carbocycles. The lowest BCUT2D eigenvalue weighted by Gasteiger charge is -2.05. The highest BCUT2D eigenvalue weighted by molar-refractivity contribution is 7.92. The maximum absolute atomic E-state index is 12.0. The Kier molecular flexibility index (Phi) is 5.69. The fraction of sp³-hybridized carbons (Fsp3) is 0.385. The molecule has 0 radical (unpaired) electrons. The average molecular weight is 300 g/mol. The van der Waals surface area contributed by atoms with Gasteiger partial charge in [-0.05, 0) is 31.2 Å². The van der Waals surface area contributed by atoms with Crippen LogP contribution >= 0.6 is 0 Å². The number of rotatable bonds is 7. The SMILES string of the molecule is CCOC(=O)CC(=O)CS(=O)(=O)c1ccc(OC)cc1. The monoisotopic (exact) mass is 300 g/mol. The van der Waals surface area contributed by atoms with Gasteiger partial charge in [0.05, 0.1) is 18.6 Å². The molecule has 0 aliphatic heterocycles. The Morgan fingerprint density at radius 2 is 1.75 bits per heavy atom. The topological polar surface area (TPSA) is 86.7 Å². The first kappa shape index (κ1) is 16.2. The van der Waals surface area contributed by atoms with Crippen LogP contribution in [0.2, 0.25) is 0 Å². The number of esters is 1. The van der Waals surface area contributed by atoms with E-state index in [1.165, 1.54) is 31.4 Å². The van der Waals surface area contributed by atoms with Crippen molar-refractivity contribution in [2.75, 3.05) is 19.5 Å². The van der Waals surface area contributed by atoms with Gasteiger partial charge in [-0.1, -0.05) is 0 Å². The van der Waals surface area contributed by atoms with Crippen LogP contribution in [0.1, 0.15) is 13.3 Å². The van der Waals surface area contributed by atoms with Gasteiger partial charge in [0.1, 0.15) is 17.9 Å². The summed E-state index contributed by atoms with van der Waals surface area (Å²) in [6.45, 7) is 1.76. The molecule has 0 aromatic heterocycles. The molecule has 1 rings (SSSR count). The van der Waals surface area contributed by atoms with Gasteiger partial charge in [0, 0.05) is 0 Å². The lowest BCUT2D eigenvalue weighted by molar-refractivity contribution is -0.145. The van der Waals surface area contributed by atoms with E-state index < -0.39 is 33.8 Å². The molecular weight excluding hydrogens is 284 g/mol. The van der Waals surface area contributed by atoms with Gasteiger partial charge in [0.15, 0.2) is 15.6 Å². The van der Waals surface area contributed by atoms with Gasteiger partial charge in [0.25, 0.3) is 0 Å². The third kappa shape index (κ3) is 4.65. The number of carbonyl (C=O) groups excluding carboxylic acids is 2. The first-order valence-electron chi connectivity index (χ1n) is 5.93. The second kappa shape index (κ2) is 7.04. The van der Waals surface area contributed by atoms with E-state index in [1.807, 2.05) is 0 Å². The molecule has 0 fully saturated rings. The lowest BCUT2D eigenvalue weighted by Crippen LogP contribution is -2.20. The highest BCUT2D eigenvalue weighted by Crippen LogP contribution is 2.17. The minimum atomic E-state index is -3.76. The molecule has 0 heterocycles. The molecule has 0 saturated heterocycles. The summed E-state index contributed by atoms with van der Waals surface area (Å²) in [7, 11) is -2.29. The Morgan fingerprint density at radius 3 is 2.25 bits per heavy atom. The van der Waals surface area contributed by atoms with Crippen molar-refractivity contribution in [2.24, 2.45) is 0 Å². The van der Waals surface area contributed by atoms with Crippen molar-refractivity contribution in [2.45, 2.75) is 18.2 Å². The number of Topliss-reactive ketones (excluding diaryl/α,β-unsaturated/α-hetero) is 1. The Hall–Kier alpha value is -1.89. The van der Waals surface area contributed by atoms with Crippen molar-refractivity contribution < 1.29 is 27.5 Å². The molecule has 110 valence electrons. The summed E-state index contributed by atoms with van der Waals surface area (Å²) in [4.78, 5) is 22.7. The van der Waals surface area contributed by atoms with Crippen LogP contribution in [-0.2, 0) is 24.2 Å². The summed E-state index contributed by atoms with van der Waals surface area (Å²) in [5.74, 6) is -1.62. The maximum Gasteiger partial charge on any atom is 0.313 e. The summed E-state index contributed by atoms with van der Waals surface area (Å²) < 4.78 is 33.4. The maximum atomic E-state index is 12.0. The van der Waals surface area contributed by atoms with Crippen LogP contribution < -0.4 is 4.74 Å². The smallest absolute Gasteiger partial charge is 0.313 e. The van der Waals surface area contributed by atoms with Crippen molar-refractivity contribution in [1.82, 2.24) is 0 Å². The molecule has 0 saturated carbocycles. The molecule has 0 N–H and O–H groups in total. The minimum Gasteiger partial charge on any atom is -0.497 e. The van der Waals surface area contributed by atoms with Crippen molar-refractivity contribution in [3.05, 3.63) is 24.3 Å². The number of ketones is 1. The fourth-order valence-corrected chi connectivity index (χ4v) is 2.75. The molecular formula is C13H16O6S. The largest absolute Gasteiger partial charge is 0.497 e. The van der Waals surface area contributed by atoms with Gasteiger partial charge < -0.3 is 9.47 Å². The van der Waals surface area contributed by atoms with Crippen molar-refractivity contribution in [3.63, 3.8) is 0 Å². The van der Waals surface area contributed by atoms with Crippen LogP contribution in [-0.4, -0.2) is 39.6 Å². The van der Waals surface area contributed by atoms with E-state index in [0.717, 1.165) is 0 Å². The standard InChI is InChI=1S/C13H16O6S/c1-3-19-13(15)8-10(14)9-20(16,17)12-6-4-11(18-2)5-7-12/h4-7H,3,8-9H2,1-2H3. The molecule has 6 nitrogen and oxygen atoms in total. The van der Waals surface area contributed by atoms with Crippen molar-refractivity contribution in [3.8, 4) is 5.75 Å². The minimum absolute atomic E-state index is 0.00973. The molecule has 0 aliphatic carbocycles. The summed E-state index contributed by atoms with van der Waals surface area (Å²) >= 11 is 0. The Bertz CT molecular complexity index is 573. The van der Waals surface area contributed by atoms with Gasteiger partial charge in [-0.15, -0.1) is 0 Å². The zero-order valence-electron chi connectivity index (χ0n) is 11.3. The van der Waals surface area contributed by atoms with Crippen LogP contribution in [0.4, 0.5) is 0 Å². The normalized spacial score (nSPS) is 10.9. The number of hydrogen-bond donors (Lipinski definition) is 0. The molecule has 7 heteroatoms. The number of ether oxygens (including phenoxy) is 2. The van der Waals surface area contributed by atoms with Gasteiger partial charge >= 0.3 is 5.97 Å². The molecule has 0 atom stereocenters. The molecule has 20 heavy (non-hydrogen) atoms. The zero-order valence-corrected chi connectivity index (χ0v) is 12.1. The van der Waals surface area contributed by atoms with Crippen LogP contribution in [0.25, 0.3) is 0 Å². The number of hydrogen-bond acceptors (Lipinski definition) is 6. The first-order valence-corrected chi connectivity index (χ1v) is 7.58. The van der Waals surface area contributed by atoms with E-state index in [-0.39, 0.29) is 11.5 Å². The summed E-state index contributed by atoms with van der Waals surface area (Å²) in [5.41, 5.74) is 0. The molecule has 0 aliphatic rings. The first-order chi connectivity index (χ1) is 9.39. The number of benzene rings is 1. The predicted octanol–water partition coefficient (Wildman–Crippen LogP) is 0.991.